The van der Waals surface area contributed by atoms with Crippen molar-refractivity contribution in [3.8, 4) is 0 Å². The summed E-state index contributed by atoms with van der Waals surface area (Å²) < 4.78 is 10.2. The summed E-state index contributed by atoms with van der Waals surface area (Å²) in [5.41, 5.74) is 0. The molecule has 0 aromatic heterocycles. The van der Waals surface area contributed by atoms with E-state index in [0.717, 1.165) is 19.5 Å². The van der Waals surface area contributed by atoms with Gasteiger partial charge in [-0.15, -0.1) is 6.58 Å². The van der Waals surface area contributed by atoms with Crippen molar-refractivity contribution < 1.29 is 14.3 Å². The predicted octanol–water partition coefficient (Wildman–Crippen LogP) is 1.07. The molecule has 1 unspecified atom stereocenters. The zero-order valence-corrected chi connectivity index (χ0v) is 9.98. The SMILES string of the molecule is C=CC1CC(=O)N(CCCOCCOC)C1. The minimum atomic E-state index is 0.238. The highest BCUT2D eigenvalue weighted by atomic mass is 16.5. The Kier molecular flexibility index (Phi) is 6.11. The van der Waals surface area contributed by atoms with Crippen LogP contribution in [0.5, 0.6) is 0 Å². The number of rotatable bonds is 8. The van der Waals surface area contributed by atoms with Gasteiger partial charge in [0.1, 0.15) is 0 Å². The fraction of sp³-hybridized carbons (Fsp3) is 0.750. The summed E-state index contributed by atoms with van der Waals surface area (Å²) in [7, 11) is 1.65. The van der Waals surface area contributed by atoms with Gasteiger partial charge in [-0.1, -0.05) is 6.08 Å². The van der Waals surface area contributed by atoms with Crippen LogP contribution >= 0.6 is 0 Å². The van der Waals surface area contributed by atoms with Gasteiger partial charge in [0.25, 0.3) is 0 Å². The lowest BCUT2D eigenvalue weighted by atomic mass is 10.1. The fourth-order valence-electron chi connectivity index (χ4n) is 1.78. The first-order chi connectivity index (χ1) is 7.77. The molecule has 1 fully saturated rings. The molecule has 4 heteroatoms. The Morgan fingerprint density at radius 2 is 2.31 bits per heavy atom. The molecule has 0 aromatic rings. The summed E-state index contributed by atoms with van der Waals surface area (Å²) in [4.78, 5) is 13.4. The van der Waals surface area contributed by atoms with Gasteiger partial charge in [-0.2, -0.15) is 0 Å². The molecule has 1 aliphatic rings. The Morgan fingerprint density at radius 3 is 2.94 bits per heavy atom. The standard InChI is InChI=1S/C12H21NO3/c1-3-11-9-12(14)13(10-11)5-4-6-16-8-7-15-2/h3,11H,1,4-10H2,2H3. The quantitative estimate of drug-likeness (QED) is 0.460. The molecule has 1 heterocycles. The Labute approximate surface area is 97.2 Å². The maximum absolute atomic E-state index is 11.5. The summed E-state index contributed by atoms with van der Waals surface area (Å²) in [6.45, 7) is 7.27. The Hall–Kier alpha value is -0.870. The van der Waals surface area contributed by atoms with Gasteiger partial charge in [0, 0.05) is 39.1 Å². The molecule has 0 bridgehead atoms. The van der Waals surface area contributed by atoms with E-state index in [1.165, 1.54) is 0 Å². The van der Waals surface area contributed by atoms with Gasteiger partial charge in [-0.3, -0.25) is 4.79 Å². The highest BCUT2D eigenvalue weighted by Gasteiger charge is 2.26. The smallest absolute Gasteiger partial charge is 0.223 e. The topological polar surface area (TPSA) is 38.8 Å². The van der Waals surface area contributed by atoms with Crippen LogP contribution < -0.4 is 0 Å². The molecule has 0 spiro atoms. The molecule has 1 saturated heterocycles. The maximum Gasteiger partial charge on any atom is 0.223 e. The third kappa shape index (κ3) is 4.33. The summed E-state index contributed by atoms with van der Waals surface area (Å²) in [6.07, 6.45) is 3.38. The monoisotopic (exact) mass is 227 g/mol. The predicted molar refractivity (Wildman–Crippen MR) is 62.2 cm³/mol. The minimum Gasteiger partial charge on any atom is -0.382 e. The largest absolute Gasteiger partial charge is 0.382 e. The highest BCUT2D eigenvalue weighted by Crippen LogP contribution is 2.18. The molecule has 1 rings (SSSR count). The lowest BCUT2D eigenvalue weighted by Crippen LogP contribution is -2.27. The van der Waals surface area contributed by atoms with E-state index in [2.05, 4.69) is 6.58 Å². The van der Waals surface area contributed by atoms with Crippen molar-refractivity contribution in [2.45, 2.75) is 12.8 Å². The van der Waals surface area contributed by atoms with Crippen molar-refractivity contribution in [3.05, 3.63) is 12.7 Å². The Balaban J connectivity index is 2.05. The van der Waals surface area contributed by atoms with E-state index in [1.807, 2.05) is 11.0 Å². The van der Waals surface area contributed by atoms with E-state index in [0.29, 0.717) is 32.2 Å². The second-order valence-corrected chi connectivity index (χ2v) is 4.00. The Morgan fingerprint density at radius 1 is 1.50 bits per heavy atom. The van der Waals surface area contributed by atoms with Gasteiger partial charge in [0.15, 0.2) is 0 Å². The van der Waals surface area contributed by atoms with Gasteiger partial charge >= 0.3 is 0 Å². The van der Waals surface area contributed by atoms with Gasteiger partial charge < -0.3 is 14.4 Å². The average molecular weight is 227 g/mol. The fourth-order valence-corrected chi connectivity index (χ4v) is 1.78. The number of hydrogen-bond acceptors (Lipinski definition) is 3. The molecular formula is C12H21NO3. The van der Waals surface area contributed by atoms with Crippen molar-refractivity contribution in [1.29, 1.82) is 0 Å². The third-order valence-electron chi connectivity index (χ3n) is 2.73. The first-order valence-corrected chi connectivity index (χ1v) is 5.75. The number of likely N-dealkylation sites (tertiary alicyclic amines) is 1. The second kappa shape index (κ2) is 7.41. The van der Waals surface area contributed by atoms with Crippen LogP contribution in [0.15, 0.2) is 12.7 Å². The van der Waals surface area contributed by atoms with Crippen LogP contribution in [0.4, 0.5) is 0 Å². The molecule has 1 atom stereocenters. The third-order valence-corrected chi connectivity index (χ3v) is 2.73. The molecule has 4 nitrogen and oxygen atoms in total. The van der Waals surface area contributed by atoms with Crippen molar-refractivity contribution in [1.82, 2.24) is 4.90 Å². The van der Waals surface area contributed by atoms with Crippen LogP contribution in [0, 0.1) is 5.92 Å². The van der Waals surface area contributed by atoms with Gasteiger partial charge in [-0.05, 0) is 6.42 Å². The maximum atomic E-state index is 11.5. The molecular weight excluding hydrogens is 206 g/mol. The lowest BCUT2D eigenvalue weighted by molar-refractivity contribution is -0.127. The van der Waals surface area contributed by atoms with E-state index in [9.17, 15) is 4.79 Å². The average Bonchev–Trinajstić information content (AvgIpc) is 2.65. The van der Waals surface area contributed by atoms with Crippen LogP contribution in [-0.2, 0) is 14.3 Å². The highest BCUT2D eigenvalue weighted by molar-refractivity contribution is 5.78. The zero-order valence-electron chi connectivity index (χ0n) is 9.98. The van der Waals surface area contributed by atoms with Crippen LogP contribution in [0.2, 0.25) is 0 Å². The molecule has 16 heavy (non-hydrogen) atoms. The van der Waals surface area contributed by atoms with Crippen molar-refractivity contribution in [2.75, 3.05) is 40.0 Å². The van der Waals surface area contributed by atoms with Crippen LogP contribution in [0.1, 0.15) is 12.8 Å². The number of hydrogen-bond donors (Lipinski definition) is 0. The number of nitrogens with zero attached hydrogens (tertiary/aromatic N) is 1. The van der Waals surface area contributed by atoms with Crippen molar-refractivity contribution >= 4 is 5.91 Å². The first-order valence-electron chi connectivity index (χ1n) is 5.75. The molecule has 0 saturated carbocycles. The zero-order chi connectivity index (χ0) is 11.8. The second-order valence-electron chi connectivity index (χ2n) is 4.00. The van der Waals surface area contributed by atoms with E-state index >= 15 is 0 Å². The Bertz CT molecular complexity index is 230. The summed E-state index contributed by atoms with van der Waals surface area (Å²) in [5, 5.41) is 0. The van der Waals surface area contributed by atoms with Crippen LogP contribution in [0.3, 0.4) is 0 Å². The molecule has 1 aliphatic heterocycles. The normalized spacial score (nSPS) is 20.4. The number of amides is 1. The van der Waals surface area contributed by atoms with Gasteiger partial charge in [0.2, 0.25) is 5.91 Å². The number of carbonyl (C=O) groups is 1. The minimum absolute atomic E-state index is 0.238. The number of carbonyl (C=O) groups excluding carboxylic acids is 1. The van der Waals surface area contributed by atoms with E-state index in [4.69, 9.17) is 9.47 Å². The van der Waals surface area contributed by atoms with Gasteiger partial charge in [0.05, 0.1) is 13.2 Å². The summed E-state index contributed by atoms with van der Waals surface area (Å²) in [5.74, 6) is 0.573. The lowest BCUT2D eigenvalue weighted by Gasteiger charge is -2.15. The number of methoxy groups -OCH3 is 1. The molecule has 1 amide bonds. The van der Waals surface area contributed by atoms with Crippen LogP contribution in [0.25, 0.3) is 0 Å². The summed E-state index contributed by atoms with van der Waals surface area (Å²) in [6, 6.07) is 0. The van der Waals surface area contributed by atoms with Gasteiger partial charge in [-0.25, -0.2) is 0 Å². The van der Waals surface area contributed by atoms with Crippen LogP contribution in [-0.4, -0.2) is 50.8 Å². The van der Waals surface area contributed by atoms with E-state index in [1.54, 1.807) is 7.11 Å². The molecule has 0 N–H and O–H groups in total. The number of ether oxygens (including phenoxy) is 2. The van der Waals surface area contributed by atoms with E-state index < -0.39 is 0 Å². The summed E-state index contributed by atoms with van der Waals surface area (Å²) >= 11 is 0. The van der Waals surface area contributed by atoms with Crippen molar-refractivity contribution in [3.63, 3.8) is 0 Å². The van der Waals surface area contributed by atoms with E-state index in [-0.39, 0.29) is 5.91 Å². The molecule has 92 valence electrons. The molecule has 0 aromatic carbocycles. The first kappa shape index (κ1) is 13.2. The molecule has 0 aliphatic carbocycles. The van der Waals surface area contributed by atoms with Crippen molar-refractivity contribution in [2.24, 2.45) is 5.92 Å². The molecule has 0 radical (unpaired) electrons.